The molecule has 0 rings (SSSR count). The van der Waals surface area contributed by atoms with E-state index in [-0.39, 0.29) is 5.97 Å². The molecule has 0 N–H and O–H groups in total. The molecule has 0 fully saturated rings. The fourth-order valence-corrected chi connectivity index (χ4v) is 0.647. The molecule has 0 aliphatic rings. The number of carbonyl (C=O) groups is 1. The van der Waals surface area contributed by atoms with E-state index in [0.717, 1.165) is 13.1 Å². The summed E-state index contributed by atoms with van der Waals surface area (Å²) in [5.41, 5.74) is 0. The number of hydrogen-bond donors (Lipinski definition) is 0. The van der Waals surface area contributed by atoms with E-state index in [1.54, 1.807) is 6.20 Å². The van der Waals surface area contributed by atoms with E-state index in [2.05, 4.69) is 4.74 Å². The molecule has 0 aliphatic carbocycles. The Morgan fingerprint density at radius 3 is 2.36 bits per heavy atom. The number of ether oxygens (including phenoxy) is 1. The van der Waals surface area contributed by atoms with E-state index in [1.165, 1.54) is 13.2 Å². The van der Waals surface area contributed by atoms with Gasteiger partial charge in [-0.15, -0.1) is 0 Å². The summed E-state index contributed by atoms with van der Waals surface area (Å²) in [4.78, 5) is 12.3. The van der Waals surface area contributed by atoms with Gasteiger partial charge in [0.1, 0.15) is 6.26 Å². The van der Waals surface area contributed by atoms with Gasteiger partial charge < -0.3 is 9.64 Å². The molecule has 0 unspecified atom stereocenters. The van der Waals surface area contributed by atoms with E-state index in [4.69, 9.17) is 0 Å². The van der Waals surface area contributed by atoms with Gasteiger partial charge in [-0.3, -0.25) is 4.79 Å². The smallest absolute Gasteiger partial charge is 0.307 e. The molecule has 0 amide bonds. The fraction of sp³-hybridized carbons (Fsp3) is 0.625. The first kappa shape index (κ1) is 10.0. The van der Waals surface area contributed by atoms with Gasteiger partial charge in [0.25, 0.3) is 0 Å². The van der Waals surface area contributed by atoms with Crippen LogP contribution in [0.4, 0.5) is 0 Å². The molecule has 11 heavy (non-hydrogen) atoms. The summed E-state index contributed by atoms with van der Waals surface area (Å²) in [6.07, 6.45) is 3.18. The summed E-state index contributed by atoms with van der Waals surface area (Å²) in [5.74, 6) is -0.284. The normalized spacial score (nSPS) is 10.1. The Morgan fingerprint density at radius 1 is 1.45 bits per heavy atom. The van der Waals surface area contributed by atoms with Gasteiger partial charge in [-0.1, -0.05) is 0 Å². The van der Waals surface area contributed by atoms with Crippen molar-refractivity contribution in [3.05, 3.63) is 12.5 Å². The van der Waals surface area contributed by atoms with E-state index in [1.807, 2.05) is 18.7 Å². The van der Waals surface area contributed by atoms with E-state index < -0.39 is 0 Å². The zero-order valence-electron chi connectivity index (χ0n) is 7.33. The van der Waals surface area contributed by atoms with Crippen LogP contribution < -0.4 is 0 Å². The van der Waals surface area contributed by atoms with Gasteiger partial charge in [0.15, 0.2) is 0 Å². The highest BCUT2D eigenvalue weighted by molar-refractivity contribution is 5.66. The lowest BCUT2D eigenvalue weighted by Gasteiger charge is -2.13. The number of carbonyl (C=O) groups excluding carboxylic acids is 1. The maximum absolute atomic E-state index is 10.3. The molecule has 0 aromatic heterocycles. The van der Waals surface area contributed by atoms with Crippen molar-refractivity contribution in [2.24, 2.45) is 0 Å². The van der Waals surface area contributed by atoms with Gasteiger partial charge in [0.05, 0.1) is 0 Å². The van der Waals surface area contributed by atoms with Gasteiger partial charge in [-0.05, 0) is 13.8 Å². The van der Waals surface area contributed by atoms with Crippen molar-refractivity contribution in [3.63, 3.8) is 0 Å². The van der Waals surface area contributed by atoms with Crippen LogP contribution in [-0.2, 0) is 9.53 Å². The Hall–Kier alpha value is -0.990. The van der Waals surface area contributed by atoms with Crippen molar-refractivity contribution in [2.75, 3.05) is 13.1 Å². The molecular formula is C8H15NO2. The van der Waals surface area contributed by atoms with Crippen LogP contribution in [0.5, 0.6) is 0 Å². The third-order valence-electron chi connectivity index (χ3n) is 1.32. The van der Waals surface area contributed by atoms with Crippen LogP contribution in [-0.4, -0.2) is 24.0 Å². The molecule has 0 aliphatic heterocycles. The molecule has 0 aromatic rings. The molecule has 0 heterocycles. The quantitative estimate of drug-likeness (QED) is 0.456. The minimum absolute atomic E-state index is 0.284. The molecule has 0 radical (unpaired) electrons. The minimum atomic E-state index is -0.284. The first-order valence-corrected chi connectivity index (χ1v) is 3.78. The summed E-state index contributed by atoms with van der Waals surface area (Å²) < 4.78 is 4.61. The first-order chi connectivity index (χ1) is 5.20. The molecule has 0 spiro atoms. The molecule has 3 nitrogen and oxygen atoms in total. The Morgan fingerprint density at radius 2 is 2.00 bits per heavy atom. The van der Waals surface area contributed by atoms with Gasteiger partial charge in [-0.25, -0.2) is 0 Å². The van der Waals surface area contributed by atoms with Crippen LogP contribution in [0.1, 0.15) is 20.8 Å². The number of rotatable bonds is 4. The van der Waals surface area contributed by atoms with Crippen LogP contribution in [0, 0.1) is 0 Å². The molecule has 0 aromatic carbocycles. The number of esters is 1. The summed E-state index contributed by atoms with van der Waals surface area (Å²) in [6, 6.07) is 0. The van der Waals surface area contributed by atoms with Gasteiger partial charge >= 0.3 is 5.97 Å². The summed E-state index contributed by atoms with van der Waals surface area (Å²) in [7, 11) is 0. The van der Waals surface area contributed by atoms with Crippen LogP contribution >= 0.6 is 0 Å². The largest absolute Gasteiger partial charge is 0.433 e. The molecule has 64 valence electrons. The van der Waals surface area contributed by atoms with E-state index in [0.29, 0.717) is 0 Å². The average Bonchev–Trinajstić information content (AvgIpc) is 1.98. The SMILES string of the molecule is CCN(C=COC(C)=O)CC. The third-order valence-corrected chi connectivity index (χ3v) is 1.32. The Balaban J connectivity index is 3.61. The fourth-order valence-electron chi connectivity index (χ4n) is 0.647. The van der Waals surface area contributed by atoms with E-state index >= 15 is 0 Å². The molecule has 0 saturated heterocycles. The molecule has 3 heteroatoms. The second-order valence-corrected chi connectivity index (χ2v) is 2.12. The highest BCUT2D eigenvalue weighted by Gasteiger charge is 1.89. The predicted octanol–water partition coefficient (Wildman–Crippen LogP) is 1.36. The molecular weight excluding hydrogens is 142 g/mol. The minimum Gasteiger partial charge on any atom is -0.433 e. The lowest BCUT2D eigenvalue weighted by atomic mass is 10.5. The molecule has 0 bridgehead atoms. The Kier molecular flexibility index (Phi) is 5.25. The molecule has 0 atom stereocenters. The highest BCUT2D eigenvalue weighted by Crippen LogP contribution is 1.88. The number of hydrogen-bond acceptors (Lipinski definition) is 3. The van der Waals surface area contributed by atoms with Crippen molar-refractivity contribution < 1.29 is 9.53 Å². The third kappa shape index (κ3) is 5.45. The van der Waals surface area contributed by atoms with Crippen molar-refractivity contribution in [1.82, 2.24) is 4.90 Å². The topological polar surface area (TPSA) is 29.5 Å². The standard InChI is InChI=1S/C8H15NO2/c1-4-9(5-2)6-7-11-8(3)10/h6-7H,4-5H2,1-3H3. The maximum atomic E-state index is 10.3. The van der Waals surface area contributed by atoms with E-state index in [9.17, 15) is 4.79 Å². The Bertz CT molecular complexity index is 139. The second-order valence-electron chi connectivity index (χ2n) is 2.12. The van der Waals surface area contributed by atoms with Gasteiger partial charge in [0.2, 0.25) is 0 Å². The average molecular weight is 157 g/mol. The van der Waals surface area contributed by atoms with Crippen molar-refractivity contribution in [2.45, 2.75) is 20.8 Å². The summed E-state index contributed by atoms with van der Waals surface area (Å²) in [5, 5.41) is 0. The van der Waals surface area contributed by atoms with Crippen LogP contribution in [0.3, 0.4) is 0 Å². The Labute approximate surface area is 67.6 Å². The lowest BCUT2D eigenvalue weighted by Crippen LogP contribution is -2.15. The second kappa shape index (κ2) is 5.77. The zero-order valence-corrected chi connectivity index (χ0v) is 7.33. The van der Waals surface area contributed by atoms with Crippen molar-refractivity contribution in [3.8, 4) is 0 Å². The van der Waals surface area contributed by atoms with Gasteiger partial charge in [-0.2, -0.15) is 0 Å². The van der Waals surface area contributed by atoms with Crippen LogP contribution in [0.25, 0.3) is 0 Å². The van der Waals surface area contributed by atoms with Crippen LogP contribution in [0.15, 0.2) is 12.5 Å². The first-order valence-electron chi connectivity index (χ1n) is 3.78. The molecule has 0 saturated carbocycles. The number of nitrogens with zero attached hydrogens (tertiary/aromatic N) is 1. The maximum Gasteiger partial charge on any atom is 0.307 e. The van der Waals surface area contributed by atoms with Crippen molar-refractivity contribution in [1.29, 1.82) is 0 Å². The lowest BCUT2D eigenvalue weighted by molar-refractivity contribution is -0.135. The zero-order chi connectivity index (χ0) is 8.69. The van der Waals surface area contributed by atoms with Crippen LogP contribution in [0.2, 0.25) is 0 Å². The van der Waals surface area contributed by atoms with Gasteiger partial charge in [0, 0.05) is 26.2 Å². The van der Waals surface area contributed by atoms with Crippen molar-refractivity contribution >= 4 is 5.97 Å². The summed E-state index contributed by atoms with van der Waals surface area (Å²) >= 11 is 0. The summed E-state index contributed by atoms with van der Waals surface area (Å²) in [6.45, 7) is 7.32. The monoisotopic (exact) mass is 157 g/mol. The highest BCUT2D eigenvalue weighted by atomic mass is 16.5. The predicted molar refractivity (Wildman–Crippen MR) is 43.8 cm³/mol.